The van der Waals surface area contributed by atoms with Crippen LogP contribution >= 0.6 is 11.3 Å². The van der Waals surface area contributed by atoms with E-state index in [0.29, 0.717) is 11.5 Å². The number of benzene rings is 1. The Balaban J connectivity index is 1.75. The van der Waals surface area contributed by atoms with Gasteiger partial charge in [0.25, 0.3) is 10.0 Å². The number of anilines is 3. The Kier molecular flexibility index (Phi) is 4.55. The second kappa shape index (κ2) is 6.62. The largest absolute Gasteiger partial charge is 0.340 e. The predicted molar refractivity (Wildman–Crippen MR) is 98.6 cm³/mol. The van der Waals surface area contributed by atoms with Crippen molar-refractivity contribution >= 4 is 38.6 Å². The number of hydrogen-bond acceptors (Lipinski definition) is 5. The normalized spacial score (nSPS) is 11.2. The second-order valence-corrected chi connectivity index (χ2v) is 8.20. The van der Waals surface area contributed by atoms with E-state index in [1.807, 2.05) is 19.1 Å². The molecule has 0 bridgehead atoms. The van der Waals surface area contributed by atoms with Crippen LogP contribution in [-0.4, -0.2) is 13.4 Å². The van der Waals surface area contributed by atoms with Crippen LogP contribution in [0.25, 0.3) is 0 Å². The van der Waals surface area contributed by atoms with Gasteiger partial charge in [0.2, 0.25) is 0 Å². The molecule has 0 aliphatic heterocycles. The number of sulfonamides is 1. The van der Waals surface area contributed by atoms with Crippen molar-refractivity contribution in [3.63, 3.8) is 0 Å². The predicted octanol–water partition coefficient (Wildman–Crippen LogP) is 4.30. The van der Waals surface area contributed by atoms with Gasteiger partial charge in [-0.1, -0.05) is 18.2 Å². The van der Waals surface area contributed by atoms with Crippen molar-refractivity contribution in [1.29, 1.82) is 0 Å². The van der Waals surface area contributed by atoms with Crippen molar-refractivity contribution in [2.45, 2.75) is 18.1 Å². The van der Waals surface area contributed by atoms with Gasteiger partial charge in [0.1, 0.15) is 10.0 Å². The molecule has 0 radical (unpaired) electrons. The molecule has 0 fully saturated rings. The summed E-state index contributed by atoms with van der Waals surface area (Å²) in [5.41, 5.74) is 3.76. The number of nitrogens with one attached hydrogen (secondary N) is 2. The first-order valence-corrected chi connectivity index (χ1v) is 9.67. The van der Waals surface area contributed by atoms with Crippen molar-refractivity contribution in [3.05, 3.63) is 65.2 Å². The molecule has 0 unspecified atom stereocenters. The molecule has 1 aromatic carbocycles. The first-order valence-electron chi connectivity index (χ1n) is 7.31. The zero-order valence-corrected chi connectivity index (χ0v) is 14.9. The van der Waals surface area contributed by atoms with Crippen LogP contribution in [0.15, 0.2) is 58.3 Å². The third-order valence-corrected chi connectivity index (χ3v) is 6.42. The Morgan fingerprint density at radius 3 is 2.54 bits per heavy atom. The lowest BCUT2D eigenvalue weighted by atomic mass is 10.1. The van der Waals surface area contributed by atoms with Gasteiger partial charge in [0.05, 0.1) is 11.9 Å². The maximum Gasteiger partial charge on any atom is 0.271 e. The first kappa shape index (κ1) is 16.5. The van der Waals surface area contributed by atoms with E-state index in [4.69, 9.17) is 0 Å². The Morgan fingerprint density at radius 1 is 1.04 bits per heavy atom. The van der Waals surface area contributed by atoms with Crippen molar-refractivity contribution in [2.24, 2.45) is 0 Å². The molecule has 0 saturated carbocycles. The quantitative estimate of drug-likeness (QED) is 0.712. The molecule has 0 spiro atoms. The molecule has 5 nitrogen and oxygen atoms in total. The number of aromatic nitrogens is 1. The van der Waals surface area contributed by atoms with Crippen LogP contribution in [0.5, 0.6) is 0 Å². The summed E-state index contributed by atoms with van der Waals surface area (Å²) in [4.78, 5) is 4.28. The van der Waals surface area contributed by atoms with Gasteiger partial charge in [0, 0.05) is 5.69 Å². The molecule has 3 rings (SSSR count). The van der Waals surface area contributed by atoms with Crippen LogP contribution in [0.2, 0.25) is 0 Å². The maximum atomic E-state index is 12.2. The zero-order chi connectivity index (χ0) is 17.2. The van der Waals surface area contributed by atoms with E-state index in [0.717, 1.165) is 11.3 Å². The summed E-state index contributed by atoms with van der Waals surface area (Å²) in [6, 6.07) is 12.7. The van der Waals surface area contributed by atoms with Crippen LogP contribution in [0.4, 0.5) is 17.2 Å². The summed E-state index contributed by atoms with van der Waals surface area (Å²) < 4.78 is 27.2. The maximum absolute atomic E-state index is 12.2. The van der Waals surface area contributed by atoms with E-state index in [-0.39, 0.29) is 4.21 Å². The number of hydrogen-bond donors (Lipinski definition) is 2. The molecule has 0 saturated heterocycles. The fourth-order valence-electron chi connectivity index (χ4n) is 2.17. The van der Waals surface area contributed by atoms with Crippen molar-refractivity contribution in [1.82, 2.24) is 4.98 Å². The van der Waals surface area contributed by atoms with Crippen LogP contribution in [0.1, 0.15) is 11.1 Å². The molecule has 2 aromatic heterocycles. The molecular weight excluding hydrogens is 342 g/mol. The lowest BCUT2D eigenvalue weighted by molar-refractivity contribution is 0.603. The van der Waals surface area contributed by atoms with Crippen LogP contribution in [0, 0.1) is 13.8 Å². The fourth-order valence-corrected chi connectivity index (χ4v) is 4.21. The molecule has 3 aromatic rings. The molecule has 7 heteroatoms. The molecule has 2 N–H and O–H groups in total. The molecule has 2 heterocycles. The van der Waals surface area contributed by atoms with Crippen LogP contribution in [0.3, 0.4) is 0 Å². The number of nitrogens with zero attached hydrogens (tertiary/aromatic N) is 1. The molecule has 0 amide bonds. The summed E-state index contributed by atoms with van der Waals surface area (Å²) in [6.07, 6.45) is 1.50. The number of aryl methyl sites for hydroxylation is 1. The minimum Gasteiger partial charge on any atom is -0.340 e. The van der Waals surface area contributed by atoms with Gasteiger partial charge in [-0.25, -0.2) is 13.4 Å². The monoisotopic (exact) mass is 359 g/mol. The van der Waals surface area contributed by atoms with E-state index in [1.54, 1.807) is 29.6 Å². The Hall–Kier alpha value is -2.38. The third kappa shape index (κ3) is 3.58. The van der Waals surface area contributed by atoms with Gasteiger partial charge < -0.3 is 5.32 Å². The Labute approximate surface area is 145 Å². The minimum absolute atomic E-state index is 0.278. The average Bonchev–Trinajstić information content (AvgIpc) is 3.09. The Bertz CT molecular complexity index is 934. The molecule has 0 aliphatic carbocycles. The van der Waals surface area contributed by atoms with E-state index in [1.165, 1.54) is 23.1 Å². The summed E-state index contributed by atoms with van der Waals surface area (Å²) in [5, 5.41) is 4.97. The standard InChI is InChI=1S/C17H17N3O2S2/c1-12-5-3-6-15(13(12)2)19-16-9-8-14(11-18-16)20-24(21,22)17-7-4-10-23-17/h3-11,20H,1-2H3,(H,18,19). The lowest BCUT2D eigenvalue weighted by Gasteiger charge is -2.11. The van der Waals surface area contributed by atoms with E-state index >= 15 is 0 Å². The molecule has 124 valence electrons. The Morgan fingerprint density at radius 2 is 1.88 bits per heavy atom. The molecule has 0 aliphatic rings. The minimum atomic E-state index is -3.55. The molecule has 0 atom stereocenters. The van der Waals surface area contributed by atoms with E-state index in [2.05, 4.69) is 28.0 Å². The topological polar surface area (TPSA) is 71.1 Å². The van der Waals surface area contributed by atoms with Crippen molar-refractivity contribution in [3.8, 4) is 0 Å². The number of thiophene rings is 1. The fraction of sp³-hybridized carbons (Fsp3) is 0.118. The van der Waals surface area contributed by atoms with Gasteiger partial charge in [-0.3, -0.25) is 4.72 Å². The molecular formula is C17H17N3O2S2. The van der Waals surface area contributed by atoms with Gasteiger partial charge in [-0.2, -0.15) is 0 Å². The summed E-state index contributed by atoms with van der Waals surface area (Å²) >= 11 is 1.17. The smallest absolute Gasteiger partial charge is 0.271 e. The highest BCUT2D eigenvalue weighted by atomic mass is 32.2. The highest BCUT2D eigenvalue weighted by Gasteiger charge is 2.15. The van der Waals surface area contributed by atoms with E-state index < -0.39 is 10.0 Å². The van der Waals surface area contributed by atoms with Crippen LogP contribution in [-0.2, 0) is 10.0 Å². The zero-order valence-electron chi connectivity index (χ0n) is 13.3. The summed E-state index contributed by atoms with van der Waals surface area (Å²) in [6.45, 7) is 4.09. The van der Waals surface area contributed by atoms with Crippen LogP contribution < -0.4 is 10.0 Å². The lowest BCUT2D eigenvalue weighted by Crippen LogP contribution is -2.11. The second-order valence-electron chi connectivity index (χ2n) is 5.34. The number of rotatable bonds is 5. The van der Waals surface area contributed by atoms with Crippen molar-refractivity contribution < 1.29 is 8.42 Å². The summed E-state index contributed by atoms with van der Waals surface area (Å²) in [5.74, 6) is 0.655. The highest BCUT2D eigenvalue weighted by molar-refractivity contribution is 7.94. The highest BCUT2D eigenvalue weighted by Crippen LogP contribution is 2.23. The van der Waals surface area contributed by atoms with Gasteiger partial charge in [-0.15, -0.1) is 11.3 Å². The third-order valence-electron chi connectivity index (χ3n) is 3.64. The van der Waals surface area contributed by atoms with Gasteiger partial charge >= 0.3 is 0 Å². The van der Waals surface area contributed by atoms with Gasteiger partial charge in [-0.05, 0) is 54.6 Å². The summed E-state index contributed by atoms with van der Waals surface area (Å²) in [7, 11) is -3.55. The SMILES string of the molecule is Cc1cccc(Nc2ccc(NS(=O)(=O)c3cccs3)cn2)c1C. The van der Waals surface area contributed by atoms with Gasteiger partial charge in [0.15, 0.2) is 0 Å². The first-order chi connectivity index (χ1) is 11.5. The van der Waals surface area contributed by atoms with E-state index in [9.17, 15) is 8.42 Å². The molecule has 24 heavy (non-hydrogen) atoms. The number of pyridine rings is 1. The van der Waals surface area contributed by atoms with Crippen molar-refractivity contribution in [2.75, 3.05) is 10.0 Å². The average molecular weight is 359 g/mol.